The number of aromatic nitrogens is 2. The van der Waals surface area contributed by atoms with E-state index in [0.29, 0.717) is 11.7 Å². The highest BCUT2D eigenvalue weighted by Crippen LogP contribution is 2.24. The summed E-state index contributed by atoms with van der Waals surface area (Å²) in [6, 6.07) is 7.60. The van der Waals surface area contributed by atoms with E-state index >= 15 is 0 Å². The molecule has 0 aliphatic heterocycles. The van der Waals surface area contributed by atoms with Crippen LogP contribution >= 0.6 is 24.8 Å². The first-order valence-electron chi connectivity index (χ1n) is 3.88. The number of hydrogen-bond acceptors (Lipinski definition) is 4. The van der Waals surface area contributed by atoms with Crippen molar-refractivity contribution in [3.63, 3.8) is 0 Å². The first-order chi connectivity index (χ1) is 6.33. The summed E-state index contributed by atoms with van der Waals surface area (Å²) in [5.74, 6) is 0.932. The molecule has 0 aliphatic rings. The fourth-order valence-corrected chi connectivity index (χ4v) is 1.25. The van der Waals surface area contributed by atoms with Gasteiger partial charge in [-0.1, -0.05) is 18.2 Å². The second kappa shape index (κ2) is 5.58. The van der Waals surface area contributed by atoms with Crippen LogP contribution in [0.5, 0.6) is 5.88 Å². The summed E-state index contributed by atoms with van der Waals surface area (Å²) in [5, 5.41) is 9.36. The molecule has 2 rings (SSSR count). The molecule has 4 nitrogen and oxygen atoms in total. The maximum Gasteiger partial charge on any atom is 0.241 e. The van der Waals surface area contributed by atoms with Gasteiger partial charge in [0.05, 0.1) is 7.11 Å². The smallest absolute Gasteiger partial charge is 0.241 e. The Morgan fingerprint density at radius 2 is 1.67 bits per heavy atom. The van der Waals surface area contributed by atoms with Gasteiger partial charge in [0.25, 0.3) is 0 Å². The lowest BCUT2D eigenvalue weighted by Gasteiger charge is -2.03. The van der Waals surface area contributed by atoms with Crippen molar-refractivity contribution in [3.8, 4) is 5.88 Å². The van der Waals surface area contributed by atoms with E-state index in [0.717, 1.165) is 10.8 Å². The number of ether oxygens (including phenoxy) is 1. The minimum atomic E-state index is 0. The lowest BCUT2D eigenvalue weighted by Crippen LogP contribution is -1.97. The normalized spacial score (nSPS) is 8.87. The lowest BCUT2D eigenvalue weighted by atomic mass is 10.2. The van der Waals surface area contributed by atoms with Gasteiger partial charge >= 0.3 is 0 Å². The zero-order valence-electron chi connectivity index (χ0n) is 8.01. The quantitative estimate of drug-likeness (QED) is 0.839. The number of fused-ring (bicyclic) bond motifs is 1. The Balaban J connectivity index is 0.000000980. The maximum absolute atomic E-state index is 5.65. The Labute approximate surface area is 99.6 Å². The van der Waals surface area contributed by atoms with Crippen LogP contribution < -0.4 is 10.5 Å². The molecule has 2 N–H and O–H groups in total. The number of halogens is 2. The van der Waals surface area contributed by atoms with Crippen molar-refractivity contribution < 1.29 is 4.74 Å². The van der Waals surface area contributed by atoms with Crippen molar-refractivity contribution in [1.82, 2.24) is 10.2 Å². The predicted molar refractivity (Wildman–Crippen MR) is 65.0 cm³/mol. The fraction of sp³-hybridized carbons (Fsp3) is 0.111. The van der Waals surface area contributed by atoms with Crippen molar-refractivity contribution in [2.75, 3.05) is 12.8 Å². The number of nitrogens with zero attached hydrogens (tertiary/aromatic N) is 2. The highest BCUT2D eigenvalue weighted by atomic mass is 35.5. The molecule has 0 amide bonds. The summed E-state index contributed by atoms with van der Waals surface area (Å²) in [6.45, 7) is 0. The van der Waals surface area contributed by atoms with Crippen molar-refractivity contribution in [1.29, 1.82) is 0 Å². The number of hydrogen-bond donors (Lipinski definition) is 1. The molecule has 0 spiro atoms. The average molecular weight is 248 g/mol. The summed E-state index contributed by atoms with van der Waals surface area (Å²) in [4.78, 5) is 0. The van der Waals surface area contributed by atoms with Crippen LogP contribution in [0.2, 0.25) is 0 Å². The SMILES string of the molecule is COc1nnc(N)c2ccccc12.Cl.Cl. The van der Waals surface area contributed by atoms with Crippen LogP contribution in [0.1, 0.15) is 0 Å². The van der Waals surface area contributed by atoms with Gasteiger partial charge in [0.2, 0.25) is 5.88 Å². The Hall–Kier alpha value is -1.26. The number of anilines is 1. The van der Waals surface area contributed by atoms with Crippen LogP contribution in [0.25, 0.3) is 10.8 Å². The van der Waals surface area contributed by atoms with Crippen LogP contribution in [-0.4, -0.2) is 17.3 Å². The Kier molecular flexibility index (Phi) is 5.11. The summed E-state index contributed by atoms with van der Waals surface area (Å²) >= 11 is 0. The highest BCUT2D eigenvalue weighted by molar-refractivity contribution is 5.93. The first kappa shape index (κ1) is 13.7. The third-order valence-corrected chi connectivity index (χ3v) is 1.88. The van der Waals surface area contributed by atoms with Crippen molar-refractivity contribution in [3.05, 3.63) is 24.3 Å². The van der Waals surface area contributed by atoms with Gasteiger partial charge in [0, 0.05) is 10.8 Å². The number of benzene rings is 1. The molecule has 0 radical (unpaired) electrons. The molecular formula is C9H11Cl2N3O. The zero-order chi connectivity index (χ0) is 9.26. The Morgan fingerprint density at radius 1 is 1.07 bits per heavy atom. The van der Waals surface area contributed by atoms with Crippen LogP contribution in [0.3, 0.4) is 0 Å². The molecule has 0 unspecified atom stereocenters. The van der Waals surface area contributed by atoms with E-state index in [2.05, 4.69) is 10.2 Å². The number of methoxy groups -OCH3 is 1. The molecule has 0 saturated carbocycles. The second-order valence-electron chi connectivity index (χ2n) is 2.64. The van der Waals surface area contributed by atoms with Gasteiger partial charge < -0.3 is 10.5 Å². The van der Waals surface area contributed by atoms with Gasteiger partial charge in [-0.3, -0.25) is 0 Å². The number of nitrogens with two attached hydrogens (primary N) is 1. The molecule has 0 fully saturated rings. The molecule has 0 atom stereocenters. The zero-order valence-corrected chi connectivity index (χ0v) is 9.64. The van der Waals surface area contributed by atoms with Gasteiger partial charge in [-0.25, -0.2) is 0 Å². The minimum absolute atomic E-state index is 0. The van der Waals surface area contributed by atoms with Crippen LogP contribution in [-0.2, 0) is 0 Å². The van der Waals surface area contributed by atoms with Crippen molar-refractivity contribution in [2.45, 2.75) is 0 Å². The van der Waals surface area contributed by atoms with Crippen molar-refractivity contribution >= 4 is 41.4 Å². The third kappa shape index (κ3) is 2.40. The van der Waals surface area contributed by atoms with E-state index in [-0.39, 0.29) is 24.8 Å². The van der Waals surface area contributed by atoms with Crippen LogP contribution in [0.4, 0.5) is 5.82 Å². The lowest BCUT2D eigenvalue weighted by molar-refractivity contribution is 0.398. The molecule has 1 heterocycles. The molecule has 15 heavy (non-hydrogen) atoms. The predicted octanol–water partition coefficient (Wildman–Crippen LogP) is 2.06. The van der Waals surface area contributed by atoms with E-state index in [1.807, 2.05) is 24.3 Å². The molecular weight excluding hydrogens is 237 g/mol. The summed E-state index contributed by atoms with van der Waals surface area (Å²) in [5.41, 5.74) is 5.65. The average Bonchev–Trinajstić information content (AvgIpc) is 2.19. The van der Waals surface area contributed by atoms with E-state index in [9.17, 15) is 0 Å². The van der Waals surface area contributed by atoms with Gasteiger partial charge in [0.1, 0.15) is 0 Å². The minimum Gasteiger partial charge on any atom is -0.479 e. The molecule has 6 heteroatoms. The highest BCUT2D eigenvalue weighted by Gasteiger charge is 2.05. The summed E-state index contributed by atoms with van der Waals surface area (Å²) in [6.07, 6.45) is 0. The number of nitrogen functional groups attached to an aromatic ring is 1. The van der Waals surface area contributed by atoms with Gasteiger partial charge in [-0.15, -0.1) is 35.0 Å². The van der Waals surface area contributed by atoms with E-state index in [1.165, 1.54) is 0 Å². The first-order valence-corrected chi connectivity index (χ1v) is 3.88. The maximum atomic E-state index is 5.65. The van der Waals surface area contributed by atoms with Gasteiger partial charge in [0.15, 0.2) is 5.82 Å². The molecule has 82 valence electrons. The largest absolute Gasteiger partial charge is 0.479 e. The second-order valence-corrected chi connectivity index (χ2v) is 2.64. The summed E-state index contributed by atoms with van der Waals surface area (Å²) in [7, 11) is 1.56. The fourth-order valence-electron chi connectivity index (χ4n) is 1.25. The van der Waals surface area contributed by atoms with Crippen LogP contribution in [0.15, 0.2) is 24.3 Å². The monoisotopic (exact) mass is 247 g/mol. The van der Waals surface area contributed by atoms with Gasteiger partial charge in [-0.05, 0) is 6.07 Å². The standard InChI is InChI=1S/C9H9N3O.2ClH/c1-13-9-7-5-3-2-4-6(7)8(10)11-12-9;;/h2-5H,1H3,(H2,10,11);2*1H. The molecule has 0 bridgehead atoms. The van der Waals surface area contributed by atoms with Crippen molar-refractivity contribution in [2.24, 2.45) is 0 Å². The van der Waals surface area contributed by atoms with E-state index in [1.54, 1.807) is 7.11 Å². The Morgan fingerprint density at radius 3 is 2.27 bits per heavy atom. The Bertz CT molecular complexity index is 450. The molecule has 1 aromatic carbocycles. The molecule has 2 aromatic rings. The third-order valence-electron chi connectivity index (χ3n) is 1.88. The van der Waals surface area contributed by atoms with Gasteiger partial charge in [-0.2, -0.15) is 0 Å². The van der Waals surface area contributed by atoms with E-state index in [4.69, 9.17) is 10.5 Å². The topological polar surface area (TPSA) is 61.0 Å². The number of rotatable bonds is 1. The summed E-state index contributed by atoms with van der Waals surface area (Å²) < 4.78 is 5.05. The molecule has 0 aliphatic carbocycles. The van der Waals surface area contributed by atoms with Crippen LogP contribution in [0, 0.1) is 0 Å². The van der Waals surface area contributed by atoms with E-state index < -0.39 is 0 Å². The molecule has 1 aromatic heterocycles. The molecule has 0 saturated heterocycles.